The average molecular weight is 451 g/mol. The lowest BCUT2D eigenvalue weighted by Crippen LogP contribution is -2.46. The van der Waals surface area contributed by atoms with Crippen LogP contribution in [0.2, 0.25) is 0 Å². The van der Waals surface area contributed by atoms with Gasteiger partial charge >= 0.3 is 5.97 Å². The second-order valence-corrected chi connectivity index (χ2v) is 11.8. The Morgan fingerprint density at radius 3 is 2.61 bits per heavy atom. The van der Waals surface area contributed by atoms with E-state index in [9.17, 15) is 14.4 Å². The Bertz CT molecular complexity index is 949. The maximum absolute atomic E-state index is 13.6. The van der Waals surface area contributed by atoms with Gasteiger partial charge in [0.1, 0.15) is 6.61 Å². The van der Waals surface area contributed by atoms with Crippen LogP contribution in [0.1, 0.15) is 78.6 Å². The van der Waals surface area contributed by atoms with Crippen LogP contribution in [0.3, 0.4) is 0 Å². The Morgan fingerprint density at radius 2 is 1.88 bits per heavy atom. The minimum absolute atomic E-state index is 0.0315. The van der Waals surface area contributed by atoms with Crippen molar-refractivity contribution in [2.24, 2.45) is 40.4 Å². The monoisotopic (exact) mass is 450 g/mol. The van der Waals surface area contributed by atoms with Crippen molar-refractivity contribution >= 4 is 17.5 Å². The Morgan fingerprint density at radius 1 is 1.12 bits per heavy atom. The van der Waals surface area contributed by atoms with Gasteiger partial charge in [0.2, 0.25) is 0 Å². The molecule has 0 aliphatic heterocycles. The first-order valence-electron chi connectivity index (χ1n) is 13.0. The molecule has 0 aromatic heterocycles. The zero-order chi connectivity index (χ0) is 23.4. The SMILES string of the molecule is CC(=O)OCC(=O)C1C(C2CCCCC2)CC2C3CCC4=CC(=O)C=CC4(C)C3=CCC21C. The molecular weight excluding hydrogens is 412 g/mol. The van der Waals surface area contributed by atoms with Crippen LogP contribution in [0.15, 0.2) is 35.5 Å². The predicted molar refractivity (Wildman–Crippen MR) is 127 cm³/mol. The third-order valence-corrected chi connectivity index (χ3v) is 10.1. The molecule has 0 N–H and O–H groups in total. The predicted octanol–water partition coefficient (Wildman–Crippen LogP) is 5.77. The van der Waals surface area contributed by atoms with Crippen molar-refractivity contribution in [3.63, 3.8) is 0 Å². The molecule has 0 aromatic carbocycles. The van der Waals surface area contributed by atoms with E-state index < -0.39 is 0 Å². The topological polar surface area (TPSA) is 60.4 Å². The molecule has 4 nitrogen and oxygen atoms in total. The van der Waals surface area contributed by atoms with Gasteiger partial charge < -0.3 is 4.74 Å². The standard InChI is InChI=1S/C29H38O4/c1-18(30)33-17-26(32)27-23(19-7-5-4-6-8-19)16-25-22-10-9-20-15-21(31)11-13-28(20,2)24(22)12-14-29(25,27)3/h11-13,15,19,22-23,25,27H,4-10,14,16-17H2,1-3H3. The first kappa shape index (κ1) is 22.8. The summed E-state index contributed by atoms with van der Waals surface area (Å²) in [7, 11) is 0. The van der Waals surface area contributed by atoms with E-state index in [4.69, 9.17) is 4.74 Å². The van der Waals surface area contributed by atoms with Crippen molar-refractivity contribution in [2.75, 3.05) is 6.61 Å². The summed E-state index contributed by atoms with van der Waals surface area (Å²) in [6.07, 6.45) is 18.5. The van der Waals surface area contributed by atoms with E-state index in [2.05, 4.69) is 26.0 Å². The van der Waals surface area contributed by atoms with Gasteiger partial charge in [-0.2, -0.15) is 0 Å². The molecule has 0 bridgehead atoms. The summed E-state index contributed by atoms with van der Waals surface area (Å²) >= 11 is 0. The number of esters is 1. The summed E-state index contributed by atoms with van der Waals surface area (Å²) in [4.78, 5) is 37.1. The fraction of sp³-hybridized carbons (Fsp3) is 0.690. The number of ether oxygens (including phenoxy) is 1. The Balaban J connectivity index is 1.50. The number of hydrogen-bond acceptors (Lipinski definition) is 4. The number of ketones is 2. The summed E-state index contributed by atoms with van der Waals surface area (Å²) in [5.41, 5.74) is 2.49. The second kappa shape index (κ2) is 8.36. The smallest absolute Gasteiger partial charge is 0.303 e. The summed E-state index contributed by atoms with van der Waals surface area (Å²) < 4.78 is 5.23. The van der Waals surface area contributed by atoms with Gasteiger partial charge in [0, 0.05) is 18.3 Å². The minimum Gasteiger partial charge on any atom is -0.458 e. The van der Waals surface area contributed by atoms with Crippen molar-refractivity contribution < 1.29 is 19.1 Å². The van der Waals surface area contributed by atoms with Crippen LogP contribution in [0.25, 0.3) is 0 Å². The highest BCUT2D eigenvalue weighted by molar-refractivity contribution is 6.01. The molecule has 5 aliphatic rings. The van der Waals surface area contributed by atoms with Gasteiger partial charge in [0.15, 0.2) is 11.6 Å². The van der Waals surface area contributed by atoms with Crippen molar-refractivity contribution in [1.29, 1.82) is 0 Å². The molecule has 178 valence electrons. The molecule has 3 saturated carbocycles. The zero-order valence-corrected chi connectivity index (χ0v) is 20.4. The highest BCUT2D eigenvalue weighted by Gasteiger charge is 2.61. The number of Topliss-reactive ketones (excluding diaryl/α,β-unsaturated/α-hetero) is 1. The molecule has 0 amide bonds. The molecule has 4 heteroatoms. The third-order valence-electron chi connectivity index (χ3n) is 10.1. The van der Waals surface area contributed by atoms with Gasteiger partial charge in [-0.25, -0.2) is 0 Å². The molecule has 0 spiro atoms. The van der Waals surface area contributed by atoms with Gasteiger partial charge in [-0.05, 0) is 73.8 Å². The van der Waals surface area contributed by atoms with Gasteiger partial charge in [-0.3, -0.25) is 14.4 Å². The molecule has 6 unspecified atom stereocenters. The second-order valence-electron chi connectivity index (χ2n) is 11.8. The Labute approximate surface area is 197 Å². The molecule has 5 aliphatic carbocycles. The van der Waals surface area contributed by atoms with E-state index in [1.54, 1.807) is 6.08 Å². The van der Waals surface area contributed by atoms with E-state index in [-0.39, 0.29) is 40.9 Å². The quantitative estimate of drug-likeness (QED) is 0.403. The minimum atomic E-state index is -0.374. The summed E-state index contributed by atoms with van der Waals surface area (Å²) in [6, 6.07) is 0. The van der Waals surface area contributed by atoms with Crippen molar-refractivity contribution in [2.45, 2.75) is 78.6 Å². The first-order valence-corrected chi connectivity index (χ1v) is 13.0. The number of rotatable bonds is 4. The molecule has 0 aromatic rings. The Hall–Kier alpha value is -1.97. The van der Waals surface area contributed by atoms with Gasteiger partial charge in [-0.1, -0.05) is 62.3 Å². The maximum Gasteiger partial charge on any atom is 0.303 e. The lowest BCUT2D eigenvalue weighted by Gasteiger charge is -2.52. The van der Waals surface area contributed by atoms with Crippen LogP contribution in [-0.2, 0) is 19.1 Å². The van der Waals surface area contributed by atoms with Crippen molar-refractivity contribution in [3.8, 4) is 0 Å². The normalized spacial score (nSPS) is 40.3. The van der Waals surface area contributed by atoms with E-state index in [0.717, 1.165) is 25.7 Å². The zero-order valence-electron chi connectivity index (χ0n) is 20.4. The summed E-state index contributed by atoms with van der Waals surface area (Å²) in [5.74, 6) is 1.77. The largest absolute Gasteiger partial charge is 0.458 e. The van der Waals surface area contributed by atoms with Crippen LogP contribution < -0.4 is 0 Å². The first-order chi connectivity index (χ1) is 15.7. The highest BCUT2D eigenvalue weighted by atomic mass is 16.5. The molecule has 5 rings (SSSR count). The van der Waals surface area contributed by atoms with Gasteiger partial charge in [-0.15, -0.1) is 0 Å². The molecular formula is C29H38O4. The molecule has 0 radical (unpaired) electrons. The van der Waals surface area contributed by atoms with Crippen molar-refractivity contribution in [1.82, 2.24) is 0 Å². The molecule has 3 fully saturated rings. The molecule has 6 atom stereocenters. The highest BCUT2D eigenvalue weighted by Crippen LogP contribution is 2.66. The lowest BCUT2D eigenvalue weighted by molar-refractivity contribution is -0.149. The summed E-state index contributed by atoms with van der Waals surface area (Å²) in [5, 5.41) is 0. The number of carbonyl (C=O) groups is 3. The van der Waals surface area contributed by atoms with E-state index in [1.807, 2.05) is 6.08 Å². The van der Waals surface area contributed by atoms with E-state index in [0.29, 0.717) is 23.7 Å². The third kappa shape index (κ3) is 3.68. The Kier molecular flexibility index (Phi) is 5.77. The van der Waals surface area contributed by atoms with Crippen LogP contribution in [-0.4, -0.2) is 24.1 Å². The molecule has 0 saturated heterocycles. The average Bonchev–Trinajstić information content (AvgIpc) is 3.12. The number of carbonyl (C=O) groups excluding carboxylic acids is 3. The van der Waals surface area contributed by atoms with Gasteiger partial charge in [0.05, 0.1) is 0 Å². The van der Waals surface area contributed by atoms with Crippen LogP contribution >= 0.6 is 0 Å². The van der Waals surface area contributed by atoms with Gasteiger partial charge in [0.25, 0.3) is 0 Å². The van der Waals surface area contributed by atoms with Crippen molar-refractivity contribution in [3.05, 3.63) is 35.5 Å². The van der Waals surface area contributed by atoms with Crippen LogP contribution in [0, 0.1) is 40.4 Å². The summed E-state index contributed by atoms with van der Waals surface area (Å²) in [6.45, 7) is 5.93. The fourth-order valence-corrected chi connectivity index (χ4v) is 8.52. The van der Waals surface area contributed by atoms with Crippen LogP contribution in [0.4, 0.5) is 0 Å². The molecule has 0 heterocycles. The number of fused-ring (bicyclic) bond motifs is 5. The fourth-order valence-electron chi connectivity index (χ4n) is 8.52. The van der Waals surface area contributed by atoms with Crippen LogP contribution in [0.5, 0.6) is 0 Å². The number of hydrogen-bond donors (Lipinski definition) is 0. The lowest BCUT2D eigenvalue weighted by atomic mass is 9.52. The molecule has 33 heavy (non-hydrogen) atoms. The van der Waals surface area contributed by atoms with E-state index >= 15 is 0 Å². The number of allylic oxidation sites excluding steroid dienone is 6. The maximum atomic E-state index is 13.6. The van der Waals surface area contributed by atoms with E-state index in [1.165, 1.54) is 50.2 Å².